The van der Waals surface area contributed by atoms with Gasteiger partial charge in [0.25, 0.3) is 0 Å². The number of anilines is 1. The molecule has 33 heavy (non-hydrogen) atoms. The number of carbonyl (C=O) groups is 1. The average molecular weight is 537 g/mol. The maximum atomic E-state index is 13.3. The number of carbonyl (C=O) groups excluding carboxylic acids is 1. The van der Waals surface area contributed by atoms with Crippen LogP contribution >= 0.6 is 23.2 Å². The highest BCUT2D eigenvalue weighted by molar-refractivity contribution is 7.86. The molecular weight excluding hydrogens is 525 g/mol. The summed E-state index contributed by atoms with van der Waals surface area (Å²) in [6.45, 7) is 3.68. The van der Waals surface area contributed by atoms with Gasteiger partial charge in [-0.05, 0) is 26.0 Å². The van der Waals surface area contributed by atoms with E-state index in [0.29, 0.717) is 16.8 Å². The van der Waals surface area contributed by atoms with Crippen LogP contribution in [0.3, 0.4) is 0 Å². The van der Waals surface area contributed by atoms with Crippen molar-refractivity contribution in [3.63, 3.8) is 0 Å². The van der Waals surface area contributed by atoms with Crippen molar-refractivity contribution in [2.45, 2.75) is 43.5 Å². The Hall–Kier alpha value is -2.34. The molecule has 0 bridgehead atoms. The molecule has 16 heteroatoms. The highest BCUT2D eigenvalue weighted by atomic mass is 35.5. The monoisotopic (exact) mass is 536 g/mol. The maximum Gasteiger partial charge on any atom is 0.476 e. The Morgan fingerprint density at radius 3 is 2.09 bits per heavy atom. The number of hydrogen-bond donors (Lipinski definition) is 0. The fourth-order valence-corrected chi connectivity index (χ4v) is 3.98. The summed E-state index contributed by atoms with van der Waals surface area (Å²) in [6.07, 6.45) is -5.69. The van der Waals surface area contributed by atoms with Crippen LogP contribution in [0.4, 0.5) is 32.2 Å². The summed E-state index contributed by atoms with van der Waals surface area (Å²) in [7, 11) is -3.91. The fraction of sp³-hybridized carbons (Fsp3) is 0.353. The van der Waals surface area contributed by atoms with Gasteiger partial charge in [-0.15, -0.1) is 0 Å². The van der Waals surface area contributed by atoms with Gasteiger partial charge >= 0.3 is 11.7 Å². The lowest BCUT2D eigenvalue weighted by atomic mass is 10.2. The molecular formula is C17H12Cl2F6N4O3S. The third-order valence-electron chi connectivity index (χ3n) is 3.67. The van der Waals surface area contributed by atoms with Crippen LogP contribution in [0.15, 0.2) is 17.0 Å². The second-order valence-electron chi connectivity index (χ2n) is 6.49. The average Bonchev–Trinajstić information content (AvgIpc) is 3.01. The van der Waals surface area contributed by atoms with Gasteiger partial charge in [-0.25, -0.2) is 8.89 Å². The Balaban J connectivity index is 3.01. The molecule has 180 valence electrons. The number of alkyl halides is 6. The molecule has 1 heterocycles. The first-order chi connectivity index (χ1) is 15.0. The molecule has 0 fully saturated rings. The predicted octanol–water partition coefficient (Wildman–Crippen LogP) is 5.39. The molecule has 0 aliphatic heterocycles. The van der Waals surface area contributed by atoms with E-state index in [4.69, 9.17) is 28.0 Å². The zero-order valence-corrected chi connectivity index (χ0v) is 19.0. The van der Waals surface area contributed by atoms with Gasteiger partial charge < -0.3 is 0 Å². The van der Waals surface area contributed by atoms with E-state index in [1.54, 1.807) is 0 Å². The van der Waals surface area contributed by atoms with E-state index in [-0.39, 0.29) is 5.06 Å². The van der Waals surface area contributed by atoms with Crippen LogP contribution in [-0.4, -0.2) is 31.5 Å². The third kappa shape index (κ3) is 5.60. The summed E-state index contributed by atoms with van der Waals surface area (Å²) < 4.78 is 91.9. The van der Waals surface area contributed by atoms with Crippen LogP contribution in [-0.2, 0) is 26.6 Å². The quantitative estimate of drug-likeness (QED) is 0.377. The first-order valence-electron chi connectivity index (χ1n) is 8.56. The van der Waals surface area contributed by atoms with Crippen molar-refractivity contribution >= 4 is 45.7 Å². The van der Waals surface area contributed by atoms with Crippen LogP contribution in [0.5, 0.6) is 0 Å². The molecule has 0 saturated carbocycles. The number of hydroxylamine groups is 1. The number of benzene rings is 1. The lowest BCUT2D eigenvalue weighted by molar-refractivity contribution is -0.137. The van der Waals surface area contributed by atoms with Gasteiger partial charge in [0.05, 0.1) is 21.7 Å². The topological polar surface area (TPSA) is 88.2 Å². The van der Waals surface area contributed by atoms with Crippen LogP contribution in [0.25, 0.3) is 5.69 Å². The minimum atomic E-state index is -5.40. The Bertz CT molecular complexity index is 1130. The molecule has 2 aromatic rings. The van der Waals surface area contributed by atoms with Gasteiger partial charge in [0.1, 0.15) is 16.7 Å². The largest absolute Gasteiger partial charge is 0.476 e. The smallest absolute Gasteiger partial charge is 0.272 e. The number of halogens is 8. The summed E-state index contributed by atoms with van der Waals surface area (Å²) in [6, 6.07) is 2.15. The molecule has 0 aliphatic carbocycles. The van der Waals surface area contributed by atoms with Crippen molar-refractivity contribution in [2.24, 2.45) is 0 Å². The van der Waals surface area contributed by atoms with Crippen molar-refractivity contribution in [1.29, 1.82) is 5.26 Å². The molecule has 1 atom stereocenters. The Labute approximate surface area is 194 Å². The zero-order valence-electron chi connectivity index (χ0n) is 16.7. The second-order valence-corrected chi connectivity index (χ2v) is 8.72. The van der Waals surface area contributed by atoms with Gasteiger partial charge in [0.15, 0.2) is 22.3 Å². The number of nitriles is 1. The van der Waals surface area contributed by atoms with Crippen molar-refractivity contribution in [2.75, 3.05) is 5.06 Å². The summed E-state index contributed by atoms with van der Waals surface area (Å²) in [5.41, 5.74) is -8.34. The highest BCUT2D eigenvalue weighted by Gasteiger charge is 2.45. The van der Waals surface area contributed by atoms with E-state index < -0.39 is 72.2 Å². The molecule has 1 aromatic heterocycles. The van der Waals surface area contributed by atoms with E-state index in [9.17, 15) is 40.6 Å². The van der Waals surface area contributed by atoms with E-state index in [1.807, 2.05) is 0 Å². The maximum absolute atomic E-state index is 13.3. The summed E-state index contributed by atoms with van der Waals surface area (Å²) >= 11 is 11.9. The predicted molar refractivity (Wildman–Crippen MR) is 105 cm³/mol. The van der Waals surface area contributed by atoms with Crippen molar-refractivity contribution in [3.8, 4) is 11.8 Å². The first kappa shape index (κ1) is 26.9. The minimum absolute atomic E-state index is 0.280. The molecule has 0 radical (unpaired) electrons. The van der Waals surface area contributed by atoms with E-state index in [0.717, 1.165) is 6.92 Å². The Morgan fingerprint density at radius 1 is 1.21 bits per heavy atom. The highest BCUT2D eigenvalue weighted by Crippen LogP contribution is 2.42. The van der Waals surface area contributed by atoms with Crippen molar-refractivity contribution < 1.29 is 40.2 Å². The summed E-state index contributed by atoms with van der Waals surface area (Å²) in [5, 5.41) is 11.7. The van der Waals surface area contributed by atoms with Gasteiger partial charge in [0.2, 0.25) is 5.91 Å². The molecule has 0 N–H and O–H groups in total. The SMILES string of the molecule is CC(=O)N(OC(C)C)c1c(S(=O)C(F)(F)F)c(C#N)nn1-c1c(Cl)cc(C(F)(F)F)cc1Cl. The van der Waals surface area contributed by atoms with Gasteiger partial charge in [-0.1, -0.05) is 23.2 Å². The van der Waals surface area contributed by atoms with E-state index in [2.05, 4.69) is 5.10 Å². The molecule has 1 aromatic carbocycles. The zero-order chi connectivity index (χ0) is 25.5. The van der Waals surface area contributed by atoms with Gasteiger partial charge in [-0.2, -0.15) is 41.8 Å². The molecule has 1 amide bonds. The Kier molecular flexibility index (Phi) is 7.74. The fourth-order valence-electron chi connectivity index (χ4n) is 2.50. The van der Waals surface area contributed by atoms with Gasteiger partial charge in [-0.3, -0.25) is 9.63 Å². The molecule has 0 aliphatic rings. The van der Waals surface area contributed by atoms with Crippen LogP contribution < -0.4 is 5.06 Å². The number of aromatic nitrogens is 2. The standard InChI is InChI=1S/C17H12Cl2F6N4O3S/c1-7(2)32-29(8(3)30)15-14(33(31)17(23,24)25)12(6-26)27-28(15)13-10(18)4-9(5-11(13)19)16(20,21)22/h4-5,7H,1-3H3. The molecule has 7 nitrogen and oxygen atoms in total. The molecule has 0 saturated heterocycles. The number of amides is 1. The summed E-state index contributed by atoms with van der Waals surface area (Å²) in [4.78, 5) is 16.2. The van der Waals surface area contributed by atoms with E-state index >= 15 is 0 Å². The lowest BCUT2D eigenvalue weighted by Crippen LogP contribution is -2.34. The molecule has 1 unspecified atom stereocenters. The van der Waals surface area contributed by atoms with Crippen LogP contribution in [0.2, 0.25) is 10.0 Å². The van der Waals surface area contributed by atoms with Crippen molar-refractivity contribution in [3.05, 3.63) is 33.4 Å². The first-order valence-corrected chi connectivity index (χ1v) is 10.5. The number of hydrogen-bond acceptors (Lipinski definition) is 5. The lowest BCUT2D eigenvalue weighted by Gasteiger charge is -2.25. The van der Waals surface area contributed by atoms with Gasteiger partial charge in [0, 0.05) is 6.92 Å². The van der Waals surface area contributed by atoms with Crippen molar-refractivity contribution in [1.82, 2.24) is 9.78 Å². The minimum Gasteiger partial charge on any atom is -0.272 e. The molecule has 0 spiro atoms. The van der Waals surface area contributed by atoms with Crippen LogP contribution in [0, 0.1) is 11.3 Å². The second kappa shape index (κ2) is 9.49. The normalized spacial score (nSPS) is 13.2. The van der Waals surface area contributed by atoms with E-state index in [1.165, 1.54) is 19.9 Å². The summed E-state index contributed by atoms with van der Waals surface area (Å²) in [5.74, 6) is -2.00. The number of nitrogens with zero attached hydrogens (tertiary/aromatic N) is 4. The molecule has 2 rings (SSSR count). The van der Waals surface area contributed by atoms with Crippen LogP contribution in [0.1, 0.15) is 32.0 Å². The third-order valence-corrected chi connectivity index (χ3v) is 5.41. The number of rotatable bonds is 5. The Morgan fingerprint density at radius 2 is 1.73 bits per heavy atom.